The molecule has 0 saturated carbocycles. The van der Waals surface area contributed by atoms with Crippen LogP contribution in [0.15, 0.2) is 48.5 Å². The van der Waals surface area contributed by atoms with E-state index in [9.17, 15) is 9.59 Å². The fourth-order valence-electron chi connectivity index (χ4n) is 3.98. The van der Waals surface area contributed by atoms with Crippen molar-refractivity contribution < 1.29 is 14.3 Å². The Bertz CT molecular complexity index is 913. The van der Waals surface area contributed by atoms with Gasteiger partial charge < -0.3 is 24.8 Å². The van der Waals surface area contributed by atoms with Crippen molar-refractivity contribution in [2.75, 3.05) is 49.6 Å². The summed E-state index contributed by atoms with van der Waals surface area (Å²) in [6.07, 6.45) is 0.301. The number of hydrogen-bond acceptors (Lipinski definition) is 4. The lowest BCUT2D eigenvalue weighted by atomic mass is 10.2. The molecule has 2 aromatic rings. The highest BCUT2D eigenvalue weighted by Crippen LogP contribution is 2.28. The Balaban J connectivity index is 1.31. The summed E-state index contributed by atoms with van der Waals surface area (Å²) in [5.74, 6) is 0.839. The molecule has 2 aromatic carbocycles. The highest BCUT2D eigenvalue weighted by Gasteiger charge is 2.33. The van der Waals surface area contributed by atoms with Crippen LogP contribution in [-0.4, -0.2) is 62.7 Å². The second kappa shape index (κ2) is 8.83. The van der Waals surface area contributed by atoms with Gasteiger partial charge in [-0.15, -0.1) is 0 Å². The minimum atomic E-state index is -0.201. The predicted octanol–water partition coefficient (Wildman–Crippen LogP) is 2.99. The highest BCUT2D eigenvalue weighted by molar-refractivity contribution is 6.30. The quantitative estimate of drug-likeness (QED) is 0.813. The Morgan fingerprint density at radius 1 is 1.07 bits per heavy atom. The number of nitrogens with one attached hydrogen (secondary N) is 1. The summed E-state index contributed by atoms with van der Waals surface area (Å²) >= 11 is 5.93. The van der Waals surface area contributed by atoms with Gasteiger partial charge in [0, 0.05) is 49.9 Å². The molecule has 0 radical (unpaired) electrons. The maximum absolute atomic E-state index is 12.7. The molecule has 2 aliphatic rings. The van der Waals surface area contributed by atoms with Crippen LogP contribution in [0.5, 0.6) is 5.75 Å². The van der Waals surface area contributed by atoms with Crippen molar-refractivity contribution >= 4 is 34.9 Å². The summed E-state index contributed by atoms with van der Waals surface area (Å²) in [6, 6.07) is 14.8. The molecule has 2 fully saturated rings. The van der Waals surface area contributed by atoms with Crippen LogP contribution in [0.4, 0.5) is 16.2 Å². The zero-order valence-electron chi connectivity index (χ0n) is 16.9. The van der Waals surface area contributed by atoms with Gasteiger partial charge in [0.2, 0.25) is 5.91 Å². The van der Waals surface area contributed by atoms with Gasteiger partial charge in [0.15, 0.2) is 0 Å². The zero-order valence-corrected chi connectivity index (χ0v) is 17.6. The number of ether oxygens (including phenoxy) is 1. The first kappa shape index (κ1) is 20.3. The third-order valence-electron chi connectivity index (χ3n) is 5.58. The SMILES string of the molecule is COc1ccccc1N1CCN(C(=O)N[C@H]2CC(=O)N(c3ccc(Cl)cc3)C2)CC1. The van der Waals surface area contributed by atoms with E-state index in [0.717, 1.165) is 30.2 Å². The molecule has 4 rings (SSSR count). The Kier molecular flexibility index (Phi) is 5.99. The normalized spacial score (nSPS) is 19.2. The molecule has 0 bridgehead atoms. The molecule has 7 nitrogen and oxygen atoms in total. The molecule has 3 amide bonds. The Hall–Kier alpha value is -2.93. The van der Waals surface area contributed by atoms with Gasteiger partial charge in [-0.05, 0) is 36.4 Å². The van der Waals surface area contributed by atoms with E-state index in [2.05, 4.69) is 10.2 Å². The zero-order chi connectivity index (χ0) is 21.1. The van der Waals surface area contributed by atoms with Crippen LogP contribution in [0.1, 0.15) is 6.42 Å². The second-order valence-corrected chi connectivity index (χ2v) is 7.91. The van der Waals surface area contributed by atoms with Crippen molar-refractivity contribution in [3.8, 4) is 5.75 Å². The monoisotopic (exact) mass is 428 g/mol. The van der Waals surface area contributed by atoms with E-state index in [1.807, 2.05) is 36.4 Å². The number of halogens is 1. The van der Waals surface area contributed by atoms with Gasteiger partial charge >= 0.3 is 6.03 Å². The number of methoxy groups -OCH3 is 1. The lowest BCUT2D eigenvalue weighted by Crippen LogP contribution is -2.54. The van der Waals surface area contributed by atoms with Crippen LogP contribution >= 0.6 is 11.6 Å². The average Bonchev–Trinajstić information content (AvgIpc) is 3.14. The molecule has 2 saturated heterocycles. The van der Waals surface area contributed by atoms with Crippen molar-refractivity contribution in [3.05, 3.63) is 53.6 Å². The van der Waals surface area contributed by atoms with Crippen LogP contribution in [0.25, 0.3) is 0 Å². The number of anilines is 2. The topological polar surface area (TPSA) is 65.1 Å². The number of amides is 3. The number of para-hydroxylation sites is 2. The smallest absolute Gasteiger partial charge is 0.317 e. The van der Waals surface area contributed by atoms with Crippen LogP contribution in [0, 0.1) is 0 Å². The van der Waals surface area contributed by atoms with Gasteiger partial charge in [0.1, 0.15) is 5.75 Å². The van der Waals surface area contributed by atoms with Crippen LogP contribution in [0.2, 0.25) is 5.02 Å². The van der Waals surface area contributed by atoms with Crippen LogP contribution in [-0.2, 0) is 4.79 Å². The minimum absolute atomic E-state index is 0.00335. The maximum Gasteiger partial charge on any atom is 0.317 e. The Labute approximate surface area is 181 Å². The second-order valence-electron chi connectivity index (χ2n) is 7.48. The van der Waals surface area contributed by atoms with Gasteiger partial charge in [-0.3, -0.25) is 4.79 Å². The molecule has 8 heteroatoms. The number of carbonyl (C=O) groups excluding carboxylic acids is 2. The number of urea groups is 1. The summed E-state index contributed by atoms with van der Waals surface area (Å²) in [7, 11) is 1.67. The van der Waals surface area contributed by atoms with E-state index in [1.54, 1.807) is 29.0 Å². The maximum atomic E-state index is 12.7. The van der Waals surface area contributed by atoms with Crippen LogP contribution < -0.4 is 19.9 Å². The summed E-state index contributed by atoms with van der Waals surface area (Å²) < 4.78 is 5.45. The molecule has 0 aliphatic carbocycles. The minimum Gasteiger partial charge on any atom is -0.495 e. The van der Waals surface area contributed by atoms with Gasteiger partial charge in [0.05, 0.1) is 18.8 Å². The fraction of sp³-hybridized carbons (Fsp3) is 0.364. The fourth-order valence-corrected chi connectivity index (χ4v) is 4.11. The molecule has 0 unspecified atom stereocenters. The van der Waals surface area contributed by atoms with E-state index >= 15 is 0 Å². The number of hydrogen-bond donors (Lipinski definition) is 1. The van der Waals surface area contributed by atoms with Crippen molar-refractivity contribution in [2.45, 2.75) is 12.5 Å². The molecular formula is C22H25ClN4O3. The molecule has 2 heterocycles. The van der Waals surface area contributed by atoms with E-state index in [0.29, 0.717) is 31.1 Å². The lowest BCUT2D eigenvalue weighted by Gasteiger charge is -2.37. The molecule has 158 valence electrons. The first-order valence-electron chi connectivity index (χ1n) is 10.0. The number of benzene rings is 2. The predicted molar refractivity (Wildman–Crippen MR) is 118 cm³/mol. The first-order chi connectivity index (χ1) is 14.5. The third kappa shape index (κ3) is 4.31. The van der Waals surface area contributed by atoms with Gasteiger partial charge in [-0.2, -0.15) is 0 Å². The number of nitrogens with zero attached hydrogens (tertiary/aromatic N) is 3. The molecular weight excluding hydrogens is 404 g/mol. The summed E-state index contributed by atoms with van der Waals surface area (Å²) in [5, 5.41) is 3.65. The van der Waals surface area contributed by atoms with Crippen molar-refractivity contribution in [3.63, 3.8) is 0 Å². The van der Waals surface area contributed by atoms with Crippen molar-refractivity contribution in [1.29, 1.82) is 0 Å². The summed E-state index contributed by atoms with van der Waals surface area (Å²) in [5.41, 5.74) is 1.84. The van der Waals surface area contributed by atoms with Gasteiger partial charge in [0.25, 0.3) is 0 Å². The Morgan fingerprint density at radius 3 is 2.47 bits per heavy atom. The largest absolute Gasteiger partial charge is 0.495 e. The van der Waals surface area contributed by atoms with E-state index in [-0.39, 0.29) is 18.0 Å². The lowest BCUT2D eigenvalue weighted by molar-refractivity contribution is -0.117. The third-order valence-corrected chi connectivity index (χ3v) is 5.84. The number of carbonyl (C=O) groups is 2. The first-order valence-corrected chi connectivity index (χ1v) is 10.4. The average molecular weight is 429 g/mol. The Morgan fingerprint density at radius 2 is 1.77 bits per heavy atom. The summed E-state index contributed by atoms with van der Waals surface area (Å²) in [6.45, 7) is 3.16. The van der Waals surface area contributed by atoms with E-state index < -0.39 is 0 Å². The standard InChI is InChI=1S/C22H25ClN4O3/c1-30-20-5-3-2-4-19(20)25-10-12-26(13-11-25)22(29)24-17-14-21(28)27(15-17)18-8-6-16(23)7-9-18/h2-9,17H,10-15H2,1H3,(H,24,29)/t17-/m0/s1. The number of piperazine rings is 1. The molecule has 30 heavy (non-hydrogen) atoms. The molecule has 2 aliphatic heterocycles. The van der Waals surface area contributed by atoms with E-state index in [4.69, 9.17) is 16.3 Å². The molecule has 0 aromatic heterocycles. The van der Waals surface area contributed by atoms with Gasteiger partial charge in [-0.25, -0.2) is 4.79 Å². The molecule has 1 N–H and O–H groups in total. The summed E-state index contributed by atoms with van der Waals surface area (Å²) in [4.78, 5) is 30.9. The van der Waals surface area contributed by atoms with Gasteiger partial charge in [-0.1, -0.05) is 23.7 Å². The van der Waals surface area contributed by atoms with Crippen molar-refractivity contribution in [2.24, 2.45) is 0 Å². The van der Waals surface area contributed by atoms with Crippen LogP contribution in [0.3, 0.4) is 0 Å². The highest BCUT2D eigenvalue weighted by atomic mass is 35.5. The number of rotatable bonds is 4. The van der Waals surface area contributed by atoms with Crippen molar-refractivity contribution in [1.82, 2.24) is 10.2 Å². The molecule has 1 atom stereocenters. The molecule has 0 spiro atoms. The van der Waals surface area contributed by atoms with E-state index in [1.165, 1.54) is 0 Å².